The van der Waals surface area contributed by atoms with Crippen LogP contribution in [0.5, 0.6) is 0 Å². The molecule has 1 unspecified atom stereocenters. The molecule has 0 saturated heterocycles. The van der Waals surface area contributed by atoms with Crippen molar-refractivity contribution in [1.29, 1.82) is 0 Å². The van der Waals surface area contributed by atoms with Gasteiger partial charge in [0, 0.05) is 6.61 Å². The fourth-order valence-corrected chi connectivity index (χ4v) is 1.25. The Morgan fingerprint density at radius 3 is 2.92 bits per heavy atom. The quantitative estimate of drug-likeness (QED) is 0.815. The van der Waals surface area contributed by atoms with E-state index < -0.39 is 6.10 Å². The van der Waals surface area contributed by atoms with E-state index in [-0.39, 0.29) is 6.61 Å². The summed E-state index contributed by atoms with van der Waals surface area (Å²) >= 11 is 3.16. The minimum atomic E-state index is -0.669. The van der Waals surface area contributed by atoms with Crippen LogP contribution in [0, 0.1) is 0 Å². The average molecular weight is 249 g/mol. The third-order valence-corrected chi connectivity index (χ3v) is 1.97. The van der Waals surface area contributed by atoms with Gasteiger partial charge >= 0.3 is 0 Å². The van der Waals surface area contributed by atoms with Gasteiger partial charge in [0.15, 0.2) is 4.67 Å². The summed E-state index contributed by atoms with van der Waals surface area (Å²) < 4.78 is 11.0. The highest BCUT2D eigenvalue weighted by atomic mass is 79.9. The fourth-order valence-electron chi connectivity index (χ4n) is 0.929. The van der Waals surface area contributed by atoms with Crippen LogP contribution in [0.3, 0.4) is 0 Å². The third kappa shape index (κ3) is 3.50. The van der Waals surface area contributed by atoms with Crippen molar-refractivity contribution in [3.05, 3.63) is 22.6 Å². The first-order valence-corrected chi connectivity index (χ1v) is 5.04. The van der Waals surface area contributed by atoms with E-state index in [1.54, 1.807) is 12.1 Å². The number of aliphatic hydroxyl groups is 1. The van der Waals surface area contributed by atoms with Gasteiger partial charge < -0.3 is 14.3 Å². The Labute approximate surface area is 85.8 Å². The van der Waals surface area contributed by atoms with Crippen molar-refractivity contribution in [2.24, 2.45) is 0 Å². The number of halogens is 1. The van der Waals surface area contributed by atoms with Crippen molar-refractivity contribution in [3.63, 3.8) is 0 Å². The predicted molar refractivity (Wildman–Crippen MR) is 52.5 cm³/mol. The van der Waals surface area contributed by atoms with Crippen LogP contribution in [0.15, 0.2) is 21.2 Å². The van der Waals surface area contributed by atoms with Gasteiger partial charge in [0.05, 0.1) is 6.61 Å². The molecule has 0 bridgehead atoms. The van der Waals surface area contributed by atoms with Crippen LogP contribution >= 0.6 is 15.9 Å². The lowest BCUT2D eigenvalue weighted by atomic mass is 10.3. The molecule has 0 spiro atoms. The van der Waals surface area contributed by atoms with Gasteiger partial charge in [-0.05, 0) is 34.5 Å². The molecular weight excluding hydrogens is 236 g/mol. The van der Waals surface area contributed by atoms with Crippen molar-refractivity contribution >= 4 is 15.9 Å². The Hall–Kier alpha value is -0.320. The van der Waals surface area contributed by atoms with Crippen LogP contribution < -0.4 is 0 Å². The molecule has 1 aromatic rings. The lowest BCUT2D eigenvalue weighted by Crippen LogP contribution is -2.06. The minimum absolute atomic E-state index is 0.286. The van der Waals surface area contributed by atoms with Gasteiger partial charge in [-0.3, -0.25) is 0 Å². The van der Waals surface area contributed by atoms with E-state index >= 15 is 0 Å². The van der Waals surface area contributed by atoms with Crippen LogP contribution in [0.2, 0.25) is 0 Å². The molecule has 74 valence electrons. The number of furan rings is 1. The molecule has 0 amide bonds. The maximum atomic E-state index is 9.52. The van der Waals surface area contributed by atoms with Gasteiger partial charge in [-0.15, -0.1) is 0 Å². The van der Waals surface area contributed by atoms with E-state index in [9.17, 15) is 5.11 Å². The van der Waals surface area contributed by atoms with Crippen molar-refractivity contribution in [3.8, 4) is 0 Å². The van der Waals surface area contributed by atoms with Gasteiger partial charge in [0.2, 0.25) is 0 Å². The molecule has 1 aromatic heterocycles. The number of aliphatic hydroxyl groups excluding tert-OH is 1. The Bertz CT molecular complexity index is 247. The number of ether oxygens (including phenoxy) is 1. The number of hydrogen-bond acceptors (Lipinski definition) is 3. The molecule has 0 fully saturated rings. The van der Waals surface area contributed by atoms with E-state index in [1.165, 1.54) is 0 Å². The highest BCUT2D eigenvalue weighted by Crippen LogP contribution is 2.20. The molecule has 13 heavy (non-hydrogen) atoms. The summed E-state index contributed by atoms with van der Waals surface area (Å²) in [6, 6.07) is 3.47. The Morgan fingerprint density at radius 2 is 2.38 bits per heavy atom. The molecule has 1 heterocycles. The summed E-state index contributed by atoms with van der Waals surface area (Å²) in [5.41, 5.74) is 0. The molecule has 0 saturated carbocycles. The second-order valence-electron chi connectivity index (χ2n) is 2.73. The normalized spacial score (nSPS) is 13.2. The fraction of sp³-hybridized carbons (Fsp3) is 0.556. The third-order valence-electron chi connectivity index (χ3n) is 1.55. The molecule has 4 heteroatoms. The van der Waals surface area contributed by atoms with Crippen LogP contribution in [-0.2, 0) is 4.74 Å². The molecule has 1 N–H and O–H groups in total. The summed E-state index contributed by atoms with van der Waals surface area (Å²) in [5, 5.41) is 9.52. The zero-order valence-electron chi connectivity index (χ0n) is 7.50. The summed E-state index contributed by atoms with van der Waals surface area (Å²) in [7, 11) is 0. The Balaban J connectivity index is 2.35. The highest BCUT2D eigenvalue weighted by Gasteiger charge is 2.11. The summed E-state index contributed by atoms with van der Waals surface area (Å²) in [6.45, 7) is 2.97. The highest BCUT2D eigenvalue weighted by molar-refractivity contribution is 9.10. The van der Waals surface area contributed by atoms with Gasteiger partial charge in [-0.2, -0.15) is 0 Å². The van der Waals surface area contributed by atoms with Crippen molar-refractivity contribution in [2.45, 2.75) is 19.4 Å². The summed E-state index contributed by atoms with van der Waals surface area (Å²) in [4.78, 5) is 0. The molecule has 0 aliphatic carbocycles. The zero-order chi connectivity index (χ0) is 9.68. The molecular formula is C9H13BrO3. The average Bonchev–Trinajstić information content (AvgIpc) is 2.52. The first-order chi connectivity index (χ1) is 6.24. The second kappa shape index (κ2) is 5.42. The molecule has 3 nitrogen and oxygen atoms in total. The second-order valence-corrected chi connectivity index (χ2v) is 3.51. The van der Waals surface area contributed by atoms with E-state index in [4.69, 9.17) is 9.15 Å². The zero-order valence-corrected chi connectivity index (χ0v) is 9.08. The lowest BCUT2D eigenvalue weighted by Gasteiger charge is -2.07. The smallest absolute Gasteiger partial charge is 0.169 e. The van der Waals surface area contributed by atoms with Crippen LogP contribution in [0.25, 0.3) is 0 Å². The SMILES string of the molecule is CCCOCC(O)c1ccc(Br)o1. The lowest BCUT2D eigenvalue weighted by molar-refractivity contribution is 0.0249. The van der Waals surface area contributed by atoms with Crippen LogP contribution in [0.4, 0.5) is 0 Å². The van der Waals surface area contributed by atoms with E-state index in [2.05, 4.69) is 15.9 Å². The predicted octanol–water partition coefficient (Wildman–Crippen LogP) is 2.50. The minimum Gasteiger partial charge on any atom is -0.452 e. The largest absolute Gasteiger partial charge is 0.452 e. The topological polar surface area (TPSA) is 42.6 Å². The van der Waals surface area contributed by atoms with Crippen LogP contribution in [-0.4, -0.2) is 18.3 Å². The molecule has 1 rings (SSSR count). The van der Waals surface area contributed by atoms with Crippen LogP contribution in [0.1, 0.15) is 25.2 Å². The monoisotopic (exact) mass is 248 g/mol. The summed E-state index contributed by atoms with van der Waals surface area (Å²) in [6.07, 6.45) is 0.284. The molecule has 0 aliphatic rings. The standard InChI is InChI=1S/C9H13BrO3/c1-2-5-12-6-7(11)8-3-4-9(10)13-8/h3-4,7,11H,2,5-6H2,1H3. The number of hydrogen-bond donors (Lipinski definition) is 1. The van der Waals surface area contributed by atoms with Gasteiger partial charge in [-0.1, -0.05) is 6.92 Å². The first-order valence-electron chi connectivity index (χ1n) is 4.25. The number of rotatable bonds is 5. The van der Waals surface area contributed by atoms with Crippen molar-refractivity contribution in [2.75, 3.05) is 13.2 Å². The van der Waals surface area contributed by atoms with E-state index in [0.29, 0.717) is 17.0 Å². The first kappa shape index (κ1) is 10.8. The van der Waals surface area contributed by atoms with Crippen molar-refractivity contribution in [1.82, 2.24) is 0 Å². The maximum absolute atomic E-state index is 9.52. The summed E-state index contributed by atoms with van der Waals surface area (Å²) in [5.74, 6) is 0.531. The Kier molecular flexibility index (Phi) is 4.48. The Morgan fingerprint density at radius 1 is 1.62 bits per heavy atom. The maximum Gasteiger partial charge on any atom is 0.169 e. The molecule has 0 radical (unpaired) electrons. The van der Waals surface area contributed by atoms with Gasteiger partial charge in [-0.25, -0.2) is 0 Å². The van der Waals surface area contributed by atoms with Gasteiger partial charge in [0.1, 0.15) is 11.9 Å². The molecule has 1 atom stereocenters. The molecule has 0 aliphatic heterocycles. The van der Waals surface area contributed by atoms with E-state index in [0.717, 1.165) is 6.42 Å². The van der Waals surface area contributed by atoms with Crippen molar-refractivity contribution < 1.29 is 14.3 Å². The van der Waals surface area contributed by atoms with E-state index in [1.807, 2.05) is 6.92 Å². The molecule has 0 aromatic carbocycles. The van der Waals surface area contributed by atoms with Gasteiger partial charge in [0.25, 0.3) is 0 Å².